The van der Waals surface area contributed by atoms with Crippen LogP contribution in [-0.4, -0.2) is 39.0 Å². The molecule has 2 heterocycles. The molecule has 8 nitrogen and oxygen atoms in total. The molecule has 0 bridgehead atoms. The number of aromatic nitrogens is 2. The summed E-state index contributed by atoms with van der Waals surface area (Å²) >= 11 is 6.32. The molecule has 1 saturated heterocycles. The third kappa shape index (κ3) is 3.45. The van der Waals surface area contributed by atoms with E-state index in [0.717, 1.165) is 0 Å². The molecular weight excluding hydrogens is 458 g/mol. The van der Waals surface area contributed by atoms with Gasteiger partial charge in [-0.3, -0.25) is 14.5 Å². The lowest BCUT2D eigenvalue weighted by molar-refractivity contribution is -0.132. The molecule has 0 aliphatic carbocycles. The Labute approximate surface area is 198 Å². The number of aromatic hydroxyl groups is 1. The summed E-state index contributed by atoms with van der Waals surface area (Å²) < 4.78 is 5.22. The number of imidazole rings is 1. The van der Waals surface area contributed by atoms with E-state index in [2.05, 4.69) is 9.97 Å². The molecule has 170 valence electrons. The van der Waals surface area contributed by atoms with Gasteiger partial charge in [0.05, 0.1) is 34.8 Å². The maximum absolute atomic E-state index is 13.3. The van der Waals surface area contributed by atoms with Crippen LogP contribution in [0.5, 0.6) is 11.5 Å². The summed E-state index contributed by atoms with van der Waals surface area (Å²) in [6.45, 7) is 0. The monoisotopic (exact) mass is 475 g/mol. The first-order valence-electron chi connectivity index (χ1n) is 10.3. The molecule has 9 heteroatoms. The highest BCUT2D eigenvalue weighted by Crippen LogP contribution is 2.43. The first-order chi connectivity index (χ1) is 16.4. The van der Waals surface area contributed by atoms with E-state index in [9.17, 15) is 19.8 Å². The van der Waals surface area contributed by atoms with E-state index in [0.29, 0.717) is 22.3 Å². The van der Waals surface area contributed by atoms with Crippen molar-refractivity contribution in [3.05, 3.63) is 88.5 Å². The predicted octanol–water partition coefficient (Wildman–Crippen LogP) is 4.56. The number of nitrogens with zero attached hydrogens (tertiary/aromatic N) is 2. The maximum atomic E-state index is 13.3. The van der Waals surface area contributed by atoms with E-state index in [1.807, 2.05) is 6.07 Å². The van der Waals surface area contributed by atoms with E-state index in [-0.39, 0.29) is 27.9 Å². The Balaban J connectivity index is 1.76. The van der Waals surface area contributed by atoms with Gasteiger partial charge in [0.2, 0.25) is 5.95 Å². The second-order valence-corrected chi connectivity index (χ2v) is 8.09. The molecule has 4 aromatic rings. The number of ether oxygens (including phenoxy) is 1. The number of H-pyrrole nitrogens is 1. The van der Waals surface area contributed by atoms with Crippen molar-refractivity contribution >= 4 is 46.0 Å². The number of phenolic OH excluding ortho intramolecular Hbond substituents is 1. The van der Waals surface area contributed by atoms with Gasteiger partial charge in [0.25, 0.3) is 5.78 Å². The Hall–Kier alpha value is -4.30. The Kier molecular flexibility index (Phi) is 5.22. The second-order valence-electron chi connectivity index (χ2n) is 7.69. The Morgan fingerprint density at radius 3 is 2.62 bits per heavy atom. The summed E-state index contributed by atoms with van der Waals surface area (Å²) in [7, 11) is 1.46. The van der Waals surface area contributed by atoms with Gasteiger partial charge in [-0.25, -0.2) is 4.98 Å². The van der Waals surface area contributed by atoms with Crippen LogP contribution in [0.25, 0.3) is 16.8 Å². The van der Waals surface area contributed by atoms with Crippen molar-refractivity contribution in [2.24, 2.45) is 0 Å². The van der Waals surface area contributed by atoms with Gasteiger partial charge in [0.15, 0.2) is 0 Å². The average Bonchev–Trinajstić information content (AvgIpc) is 3.37. The number of anilines is 1. The lowest BCUT2D eigenvalue weighted by Crippen LogP contribution is -2.30. The number of rotatable bonds is 4. The van der Waals surface area contributed by atoms with Gasteiger partial charge in [0.1, 0.15) is 17.3 Å². The number of phenols is 1. The van der Waals surface area contributed by atoms with E-state index < -0.39 is 23.5 Å². The summed E-state index contributed by atoms with van der Waals surface area (Å²) in [6.07, 6.45) is 0. The van der Waals surface area contributed by atoms with Gasteiger partial charge in [0, 0.05) is 5.56 Å². The minimum absolute atomic E-state index is 0.0629. The quantitative estimate of drug-likeness (QED) is 0.226. The molecule has 1 atom stereocenters. The highest BCUT2D eigenvalue weighted by molar-refractivity contribution is 6.51. The number of para-hydroxylation sites is 2. The lowest BCUT2D eigenvalue weighted by atomic mass is 9.95. The van der Waals surface area contributed by atoms with Crippen molar-refractivity contribution in [2.45, 2.75) is 6.04 Å². The van der Waals surface area contributed by atoms with Crippen LogP contribution >= 0.6 is 11.6 Å². The number of aliphatic hydroxyl groups excluding tert-OH is 1. The number of nitrogens with one attached hydrogen (secondary N) is 1. The number of benzene rings is 3. The fourth-order valence-corrected chi connectivity index (χ4v) is 4.28. The van der Waals surface area contributed by atoms with E-state index >= 15 is 0 Å². The van der Waals surface area contributed by atoms with Crippen molar-refractivity contribution in [3.8, 4) is 11.5 Å². The fourth-order valence-electron chi connectivity index (χ4n) is 4.07. The van der Waals surface area contributed by atoms with Crippen LogP contribution < -0.4 is 9.64 Å². The first-order valence-corrected chi connectivity index (χ1v) is 10.7. The number of carbonyl (C=O) groups is 2. The number of amides is 1. The van der Waals surface area contributed by atoms with Crippen molar-refractivity contribution in [2.75, 3.05) is 12.0 Å². The van der Waals surface area contributed by atoms with Gasteiger partial charge >= 0.3 is 5.91 Å². The molecule has 1 amide bonds. The number of carbonyl (C=O) groups excluding carboxylic acids is 2. The van der Waals surface area contributed by atoms with E-state index in [1.165, 1.54) is 36.3 Å². The summed E-state index contributed by atoms with van der Waals surface area (Å²) in [6, 6.07) is 16.8. The zero-order valence-corrected chi connectivity index (χ0v) is 18.6. The number of fused-ring (bicyclic) bond motifs is 1. The van der Waals surface area contributed by atoms with Crippen LogP contribution in [0.2, 0.25) is 5.02 Å². The molecule has 1 aliphatic rings. The Morgan fingerprint density at radius 1 is 1.09 bits per heavy atom. The number of hydrogen-bond donors (Lipinski definition) is 3. The standard InChI is InChI=1S/C25H18ClN3O5/c1-34-15-9-10-17(26)16(12-15)22(31)20-21(13-5-4-6-14(30)11-13)29(24(33)23(20)32)25-27-18-7-2-3-8-19(18)28-25/h2-12,21,30-31H,1H3,(H,27,28)/b22-20+. The molecule has 1 fully saturated rings. The summed E-state index contributed by atoms with van der Waals surface area (Å²) in [5.41, 5.74) is 1.62. The minimum atomic E-state index is -1.07. The number of hydrogen-bond acceptors (Lipinski definition) is 6. The molecule has 0 spiro atoms. The van der Waals surface area contributed by atoms with Crippen molar-refractivity contribution < 1.29 is 24.5 Å². The van der Waals surface area contributed by atoms with E-state index in [4.69, 9.17) is 16.3 Å². The Morgan fingerprint density at radius 2 is 1.88 bits per heavy atom. The van der Waals surface area contributed by atoms with Gasteiger partial charge in [-0.1, -0.05) is 35.9 Å². The topological polar surface area (TPSA) is 116 Å². The van der Waals surface area contributed by atoms with Gasteiger partial charge < -0.3 is 19.9 Å². The van der Waals surface area contributed by atoms with E-state index in [1.54, 1.807) is 36.4 Å². The van der Waals surface area contributed by atoms with Crippen LogP contribution in [0, 0.1) is 0 Å². The van der Waals surface area contributed by atoms with Gasteiger partial charge in [-0.15, -0.1) is 0 Å². The predicted molar refractivity (Wildman–Crippen MR) is 127 cm³/mol. The maximum Gasteiger partial charge on any atom is 0.302 e. The highest BCUT2D eigenvalue weighted by atomic mass is 35.5. The summed E-state index contributed by atoms with van der Waals surface area (Å²) in [5, 5.41) is 21.5. The normalized spacial score (nSPS) is 17.5. The number of halogens is 1. The minimum Gasteiger partial charge on any atom is -0.508 e. The smallest absolute Gasteiger partial charge is 0.302 e. The molecule has 5 rings (SSSR count). The number of aliphatic hydroxyl groups is 1. The molecular formula is C25H18ClN3O5. The largest absolute Gasteiger partial charge is 0.508 e. The lowest BCUT2D eigenvalue weighted by Gasteiger charge is -2.23. The van der Waals surface area contributed by atoms with Crippen LogP contribution in [0.15, 0.2) is 72.3 Å². The third-order valence-electron chi connectivity index (χ3n) is 5.66. The van der Waals surface area contributed by atoms with Crippen molar-refractivity contribution in [1.29, 1.82) is 0 Å². The number of methoxy groups -OCH3 is 1. The first kappa shape index (κ1) is 21.5. The molecule has 1 aromatic heterocycles. The fraction of sp³-hybridized carbons (Fsp3) is 0.0800. The molecule has 3 aromatic carbocycles. The van der Waals surface area contributed by atoms with Gasteiger partial charge in [-0.05, 0) is 48.0 Å². The van der Waals surface area contributed by atoms with Gasteiger partial charge in [-0.2, -0.15) is 0 Å². The molecule has 0 saturated carbocycles. The summed E-state index contributed by atoms with van der Waals surface area (Å²) in [4.78, 5) is 35.2. The van der Waals surface area contributed by atoms with Crippen LogP contribution in [0.1, 0.15) is 17.2 Å². The molecule has 34 heavy (non-hydrogen) atoms. The molecule has 3 N–H and O–H groups in total. The molecule has 1 aliphatic heterocycles. The molecule has 0 radical (unpaired) electrons. The number of Topliss-reactive ketones (excluding diaryl/α,β-unsaturated/α-hetero) is 1. The van der Waals surface area contributed by atoms with Crippen LogP contribution in [-0.2, 0) is 9.59 Å². The molecule has 1 unspecified atom stereocenters. The highest BCUT2D eigenvalue weighted by Gasteiger charge is 2.48. The van der Waals surface area contributed by atoms with Crippen molar-refractivity contribution in [3.63, 3.8) is 0 Å². The van der Waals surface area contributed by atoms with Crippen molar-refractivity contribution in [1.82, 2.24) is 9.97 Å². The second kappa shape index (κ2) is 8.24. The number of aromatic amines is 1. The number of ketones is 1. The summed E-state index contributed by atoms with van der Waals surface area (Å²) in [5.74, 6) is -1.78. The average molecular weight is 476 g/mol. The SMILES string of the molecule is COc1ccc(Cl)c(/C(O)=C2\C(=O)C(=O)N(c3nc4ccccc4[nH]3)C2c2cccc(O)c2)c1. The Bertz CT molecular complexity index is 1460. The van der Waals surface area contributed by atoms with Crippen LogP contribution in [0.3, 0.4) is 0 Å². The van der Waals surface area contributed by atoms with Crippen LogP contribution in [0.4, 0.5) is 5.95 Å². The zero-order chi connectivity index (χ0) is 24.0. The third-order valence-corrected chi connectivity index (χ3v) is 5.99. The zero-order valence-electron chi connectivity index (χ0n) is 17.8.